The van der Waals surface area contributed by atoms with Crippen LogP contribution in [-0.2, 0) is 9.47 Å². The van der Waals surface area contributed by atoms with Crippen molar-refractivity contribution in [1.82, 2.24) is 0 Å². The van der Waals surface area contributed by atoms with Crippen LogP contribution in [0.15, 0.2) is 12.3 Å². The van der Waals surface area contributed by atoms with Gasteiger partial charge in [-0.05, 0) is 38.0 Å². The fourth-order valence-electron chi connectivity index (χ4n) is 2.18. The fraction of sp³-hybridized carbons (Fsp3) is 0.833. The highest BCUT2D eigenvalue weighted by atomic mass is 16.5. The predicted octanol–water partition coefficient (Wildman–Crippen LogP) is 3.13. The Hall–Kier alpha value is -0.500. The maximum absolute atomic E-state index is 5.63. The molecule has 82 valence electrons. The summed E-state index contributed by atoms with van der Waals surface area (Å²) in [5.74, 6) is 0.838. The lowest BCUT2D eigenvalue weighted by atomic mass is 9.75. The lowest BCUT2D eigenvalue weighted by molar-refractivity contribution is 0.00503. The summed E-state index contributed by atoms with van der Waals surface area (Å²) in [6.07, 6.45) is 5.04. The van der Waals surface area contributed by atoms with Crippen molar-refractivity contribution in [2.45, 2.75) is 45.6 Å². The van der Waals surface area contributed by atoms with E-state index in [1.54, 1.807) is 7.11 Å². The summed E-state index contributed by atoms with van der Waals surface area (Å²) in [5, 5.41) is 0. The molecule has 0 saturated heterocycles. The van der Waals surface area contributed by atoms with Crippen LogP contribution in [0.1, 0.15) is 39.5 Å². The smallest absolute Gasteiger partial charge is 0.0982 e. The van der Waals surface area contributed by atoms with E-state index in [1.165, 1.54) is 12.8 Å². The van der Waals surface area contributed by atoms with E-state index in [2.05, 4.69) is 13.5 Å². The van der Waals surface area contributed by atoms with E-state index in [9.17, 15) is 0 Å². The fourth-order valence-corrected chi connectivity index (χ4v) is 2.18. The Morgan fingerprint density at radius 3 is 2.43 bits per heavy atom. The minimum atomic E-state index is 0.365. The topological polar surface area (TPSA) is 18.5 Å². The van der Waals surface area contributed by atoms with E-state index >= 15 is 0 Å². The Bertz CT molecular complexity index is 190. The van der Waals surface area contributed by atoms with Crippen molar-refractivity contribution in [3.63, 3.8) is 0 Å². The summed E-state index contributed by atoms with van der Waals surface area (Å²) in [5.41, 5.74) is 0.365. The number of hydrogen-bond donors (Lipinski definition) is 0. The molecule has 1 aliphatic rings. The Morgan fingerprint density at radius 1 is 1.43 bits per heavy atom. The van der Waals surface area contributed by atoms with Crippen LogP contribution in [0.2, 0.25) is 0 Å². The molecule has 1 rings (SSSR count). The van der Waals surface area contributed by atoms with Gasteiger partial charge in [-0.2, -0.15) is 0 Å². The van der Waals surface area contributed by atoms with Crippen LogP contribution < -0.4 is 0 Å². The van der Waals surface area contributed by atoms with Crippen LogP contribution in [0.4, 0.5) is 0 Å². The van der Waals surface area contributed by atoms with Gasteiger partial charge in [0, 0.05) is 7.11 Å². The second-order valence-electron chi connectivity index (χ2n) is 4.76. The molecule has 0 bridgehead atoms. The van der Waals surface area contributed by atoms with E-state index in [0.29, 0.717) is 11.5 Å². The zero-order chi connectivity index (χ0) is 10.6. The molecular weight excluding hydrogens is 176 g/mol. The summed E-state index contributed by atoms with van der Waals surface area (Å²) >= 11 is 0. The third kappa shape index (κ3) is 3.33. The molecule has 1 saturated carbocycles. The zero-order valence-electron chi connectivity index (χ0n) is 9.64. The van der Waals surface area contributed by atoms with Gasteiger partial charge < -0.3 is 9.47 Å². The summed E-state index contributed by atoms with van der Waals surface area (Å²) < 4.78 is 10.9. The van der Waals surface area contributed by atoms with Crippen molar-refractivity contribution in [3.8, 4) is 0 Å². The highest BCUT2D eigenvalue weighted by Crippen LogP contribution is 2.37. The van der Waals surface area contributed by atoms with Crippen molar-refractivity contribution in [1.29, 1.82) is 0 Å². The maximum atomic E-state index is 5.63. The molecule has 2 heteroatoms. The molecule has 0 radical (unpaired) electrons. The quantitative estimate of drug-likeness (QED) is 0.646. The van der Waals surface area contributed by atoms with Gasteiger partial charge in [-0.15, -0.1) is 0 Å². The van der Waals surface area contributed by atoms with E-state index in [4.69, 9.17) is 9.47 Å². The molecule has 1 fully saturated rings. The molecule has 0 aromatic carbocycles. The predicted molar refractivity (Wildman–Crippen MR) is 58.1 cm³/mol. The second-order valence-corrected chi connectivity index (χ2v) is 4.76. The Kier molecular flexibility index (Phi) is 3.99. The maximum Gasteiger partial charge on any atom is 0.0982 e. The molecule has 0 amide bonds. The molecule has 0 heterocycles. The normalized spacial score (nSPS) is 32.6. The van der Waals surface area contributed by atoms with Crippen molar-refractivity contribution in [2.24, 2.45) is 5.41 Å². The van der Waals surface area contributed by atoms with Gasteiger partial charge in [-0.25, -0.2) is 0 Å². The van der Waals surface area contributed by atoms with Crippen LogP contribution in [0.5, 0.6) is 0 Å². The molecule has 2 nitrogen and oxygen atoms in total. The van der Waals surface area contributed by atoms with Crippen molar-refractivity contribution >= 4 is 0 Å². The first kappa shape index (κ1) is 11.6. The van der Waals surface area contributed by atoms with Gasteiger partial charge in [0.2, 0.25) is 0 Å². The molecule has 0 unspecified atom stereocenters. The molecule has 0 aliphatic heterocycles. The average molecular weight is 198 g/mol. The van der Waals surface area contributed by atoms with Gasteiger partial charge >= 0.3 is 0 Å². The molecule has 0 atom stereocenters. The number of rotatable bonds is 4. The molecule has 14 heavy (non-hydrogen) atoms. The lowest BCUT2D eigenvalue weighted by Crippen LogP contribution is -2.31. The van der Waals surface area contributed by atoms with Crippen LogP contribution >= 0.6 is 0 Å². The SMILES string of the molecule is C=C(C)OC1CCC(C)(COC)CC1. The first-order valence-electron chi connectivity index (χ1n) is 5.37. The Labute approximate surface area is 87.3 Å². The molecule has 0 aromatic rings. The van der Waals surface area contributed by atoms with E-state index in [1.807, 2.05) is 6.92 Å². The van der Waals surface area contributed by atoms with Gasteiger partial charge in [-0.1, -0.05) is 13.5 Å². The molecule has 0 N–H and O–H groups in total. The van der Waals surface area contributed by atoms with Crippen LogP contribution in [0.25, 0.3) is 0 Å². The van der Waals surface area contributed by atoms with Crippen LogP contribution in [0.3, 0.4) is 0 Å². The van der Waals surface area contributed by atoms with Gasteiger partial charge in [0.25, 0.3) is 0 Å². The van der Waals surface area contributed by atoms with Crippen molar-refractivity contribution < 1.29 is 9.47 Å². The van der Waals surface area contributed by atoms with Gasteiger partial charge in [0.05, 0.1) is 18.5 Å². The van der Waals surface area contributed by atoms with E-state index in [-0.39, 0.29) is 0 Å². The highest BCUT2D eigenvalue weighted by Gasteiger charge is 2.31. The number of methoxy groups -OCH3 is 1. The largest absolute Gasteiger partial charge is 0.496 e. The average Bonchev–Trinajstić information content (AvgIpc) is 2.09. The van der Waals surface area contributed by atoms with Gasteiger partial charge in [0.15, 0.2) is 0 Å². The third-order valence-electron chi connectivity index (χ3n) is 3.00. The van der Waals surface area contributed by atoms with Crippen LogP contribution in [0, 0.1) is 5.41 Å². The van der Waals surface area contributed by atoms with E-state index in [0.717, 1.165) is 25.2 Å². The Morgan fingerprint density at radius 2 is 2.00 bits per heavy atom. The lowest BCUT2D eigenvalue weighted by Gasteiger charge is -2.36. The summed E-state index contributed by atoms with van der Waals surface area (Å²) in [4.78, 5) is 0. The molecule has 0 spiro atoms. The third-order valence-corrected chi connectivity index (χ3v) is 3.00. The van der Waals surface area contributed by atoms with Crippen LogP contribution in [-0.4, -0.2) is 19.8 Å². The first-order chi connectivity index (χ1) is 6.56. The monoisotopic (exact) mass is 198 g/mol. The minimum absolute atomic E-state index is 0.365. The number of allylic oxidation sites excluding steroid dienone is 1. The second kappa shape index (κ2) is 4.83. The van der Waals surface area contributed by atoms with Gasteiger partial charge in [0.1, 0.15) is 0 Å². The summed E-state index contributed by atoms with van der Waals surface area (Å²) in [6.45, 7) is 8.86. The standard InChI is InChI=1S/C12H22O2/c1-10(2)14-11-5-7-12(3,8-6-11)9-13-4/h11H,1,5-9H2,2-4H3. The summed E-state index contributed by atoms with van der Waals surface area (Å²) in [7, 11) is 1.78. The molecule has 0 aromatic heterocycles. The number of hydrogen-bond acceptors (Lipinski definition) is 2. The highest BCUT2D eigenvalue weighted by molar-refractivity contribution is 4.85. The van der Waals surface area contributed by atoms with Gasteiger partial charge in [-0.3, -0.25) is 0 Å². The van der Waals surface area contributed by atoms with Crippen molar-refractivity contribution in [2.75, 3.05) is 13.7 Å². The number of ether oxygens (including phenoxy) is 2. The Balaban J connectivity index is 2.33. The zero-order valence-corrected chi connectivity index (χ0v) is 9.64. The molecule has 1 aliphatic carbocycles. The van der Waals surface area contributed by atoms with Crippen molar-refractivity contribution in [3.05, 3.63) is 12.3 Å². The molecular formula is C12H22O2. The van der Waals surface area contributed by atoms with E-state index < -0.39 is 0 Å². The first-order valence-corrected chi connectivity index (χ1v) is 5.37. The summed E-state index contributed by atoms with van der Waals surface area (Å²) in [6, 6.07) is 0. The minimum Gasteiger partial charge on any atom is -0.496 e.